The molecular weight excluding hydrogens is 182 g/mol. The number of nitrogens with one attached hydrogen (secondary N) is 2. The lowest BCUT2D eigenvalue weighted by molar-refractivity contribution is 0.174. The van der Waals surface area contributed by atoms with Crippen molar-refractivity contribution in [2.75, 3.05) is 13.5 Å². The van der Waals surface area contributed by atoms with Crippen LogP contribution in [0.15, 0.2) is 23.2 Å². The Balaban J connectivity index is 2.00. The number of hydrogen-bond donors (Lipinski definition) is 2. The summed E-state index contributed by atoms with van der Waals surface area (Å²) in [5.41, 5.74) is 6.88. The number of hydrogen-bond acceptors (Lipinski definition) is 5. The summed E-state index contributed by atoms with van der Waals surface area (Å²) in [7, 11) is 0. The zero-order chi connectivity index (χ0) is 9.38. The van der Waals surface area contributed by atoms with Gasteiger partial charge in [0.15, 0.2) is 11.5 Å². The summed E-state index contributed by atoms with van der Waals surface area (Å²) in [6.45, 7) is 0.903. The molecule has 0 aromatic heterocycles. The molecule has 72 valence electrons. The van der Waals surface area contributed by atoms with E-state index in [0.29, 0.717) is 13.5 Å². The minimum absolute atomic E-state index is 0.303. The van der Waals surface area contributed by atoms with Gasteiger partial charge in [-0.3, -0.25) is 0 Å². The molecule has 0 saturated carbocycles. The standard InChI is InChI=1S/C9H9N3O2/c1-2-7-8(14-5-13-7)3-6(1)9-10-4-11-12-9/h1-3,11H,4-5H2,(H,10,12). The zero-order valence-corrected chi connectivity index (χ0v) is 7.41. The molecule has 0 fully saturated rings. The lowest BCUT2D eigenvalue weighted by atomic mass is 10.2. The number of amidine groups is 1. The van der Waals surface area contributed by atoms with Crippen molar-refractivity contribution >= 4 is 5.84 Å². The second-order valence-electron chi connectivity index (χ2n) is 3.03. The van der Waals surface area contributed by atoms with Gasteiger partial charge in [-0.05, 0) is 18.2 Å². The van der Waals surface area contributed by atoms with E-state index in [1.165, 1.54) is 0 Å². The predicted octanol–water partition coefficient (Wildman–Crippen LogP) is 0.227. The van der Waals surface area contributed by atoms with Gasteiger partial charge in [0.2, 0.25) is 6.79 Å². The number of aliphatic imine (C=N–C) groups is 1. The largest absolute Gasteiger partial charge is 0.454 e. The van der Waals surface area contributed by atoms with Crippen molar-refractivity contribution in [3.05, 3.63) is 23.8 Å². The summed E-state index contributed by atoms with van der Waals surface area (Å²) in [5, 5.41) is 0. The first-order valence-corrected chi connectivity index (χ1v) is 4.37. The molecule has 2 N–H and O–H groups in total. The second kappa shape index (κ2) is 2.88. The van der Waals surface area contributed by atoms with Gasteiger partial charge in [0.25, 0.3) is 0 Å². The monoisotopic (exact) mass is 191 g/mol. The van der Waals surface area contributed by atoms with Gasteiger partial charge in [-0.1, -0.05) is 0 Å². The average molecular weight is 191 g/mol. The number of hydrazine groups is 1. The van der Waals surface area contributed by atoms with Crippen LogP contribution >= 0.6 is 0 Å². The van der Waals surface area contributed by atoms with Crippen LogP contribution in [0.25, 0.3) is 0 Å². The predicted molar refractivity (Wildman–Crippen MR) is 50.2 cm³/mol. The van der Waals surface area contributed by atoms with Gasteiger partial charge in [-0.2, -0.15) is 0 Å². The molecule has 2 aliphatic rings. The van der Waals surface area contributed by atoms with Crippen LogP contribution in [0.1, 0.15) is 5.56 Å². The van der Waals surface area contributed by atoms with E-state index < -0.39 is 0 Å². The molecule has 2 heterocycles. The van der Waals surface area contributed by atoms with Crippen LogP contribution in [0.5, 0.6) is 11.5 Å². The number of fused-ring (bicyclic) bond motifs is 1. The van der Waals surface area contributed by atoms with Crippen molar-refractivity contribution in [2.24, 2.45) is 4.99 Å². The topological polar surface area (TPSA) is 54.9 Å². The summed E-state index contributed by atoms with van der Waals surface area (Å²) < 4.78 is 10.5. The Kier molecular flexibility index (Phi) is 1.57. The van der Waals surface area contributed by atoms with E-state index >= 15 is 0 Å². The first-order valence-electron chi connectivity index (χ1n) is 4.37. The van der Waals surface area contributed by atoms with E-state index in [0.717, 1.165) is 22.9 Å². The number of nitrogens with zero attached hydrogens (tertiary/aromatic N) is 1. The van der Waals surface area contributed by atoms with Crippen LogP contribution in [0.2, 0.25) is 0 Å². The number of ether oxygens (including phenoxy) is 2. The Morgan fingerprint density at radius 3 is 3.00 bits per heavy atom. The molecule has 1 aromatic carbocycles. The minimum atomic E-state index is 0.303. The van der Waals surface area contributed by atoms with E-state index in [1.54, 1.807) is 0 Å². The fourth-order valence-electron chi connectivity index (χ4n) is 1.49. The van der Waals surface area contributed by atoms with Crippen molar-refractivity contribution in [1.82, 2.24) is 10.9 Å². The molecule has 0 radical (unpaired) electrons. The summed E-state index contributed by atoms with van der Waals surface area (Å²) in [5.74, 6) is 2.41. The Bertz CT molecular complexity index is 403. The van der Waals surface area contributed by atoms with Crippen LogP contribution in [0, 0.1) is 0 Å². The molecule has 0 saturated heterocycles. The maximum Gasteiger partial charge on any atom is 0.231 e. The molecule has 2 aliphatic heterocycles. The van der Waals surface area contributed by atoms with Gasteiger partial charge in [-0.15, -0.1) is 0 Å². The van der Waals surface area contributed by atoms with Crippen molar-refractivity contribution in [3.63, 3.8) is 0 Å². The molecule has 0 bridgehead atoms. The smallest absolute Gasteiger partial charge is 0.231 e. The quantitative estimate of drug-likeness (QED) is 0.667. The molecule has 0 spiro atoms. The second-order valence-corrected chi connectivity index (χ2v) is 3.03. The molecule has 0 unspecified atom stereocenters. The summed E-state index contributed by atoms with van der Waals surface area (Å²) >= 11 is 0. The highest BCUT2D eigenvalue weighted by Crippen LogP contribution is 2.32. The molecule has 3 rings (SSSR count). The molecule has 0 aliphatic carbocycles. The fraction of sp³-hybridized carbons (Fsp3) is 0.222. The van der Waals surface area contributed by atoms with E-state index in [2.05, 4.69) is 15.8 Å². The van der Waals surface area contributed by atoms with Gasteiger partial charge < -0.3 is 14.9 Å². The summed E-state index contributed by atoms with van der Waals surface area (Å²) in [6.07, 6.45) is 0. The average Bonchev–Trinajstić information content (AvgIpc) is 2.88. The number of rotatable bonds is 1. The Morgan fingerprint density at radius 1 is 1.21 bits per heavy atom. The maximum atomic E-state index is 5.27. The highest BCUT2D eigenvalue weighted by Gasteiger charge is 2.16. The molecule has 0 amide bonds. The third-order valence-electron chi connectivity index (χ3n) is 2.17. The van der Waals surface area contributed by atoms with Gasteiger partial charge in [-0.25, -0.2) is 10.4 Å². The fourth-order valence-corrected chi connectivity index (χ4v) is 1.49. The Labute approximate surface area is 80.7 Å². The van der Waals surface area contributed by atoms with Crippen molar-refractivity contribution in [3.8, 4) is 11.5 Å². The first-order chi connectivity index (χ1) is 6.93. The Hall–Kier alpha value is -1.75. The highest BCUT2D eigenvalue weighted by atomic mass is 16.7. The van der Waals surface area contributed by atoms with Crippen molar-refractivity contribution < 1.29 is 9.47 Å². The molecule has 1 aromatic rings. The summed E-state index contributed by atoms with van der Waals surface area (Å²) in [6, 6.07) is 5.76. The van der Waals surface area contributed by atoms with Crippen LogP contribution < -0.4 is 20.3 Å². The molecule has 14 heavy (non-hydrogen) atoms. The SMILES string of the molecule is c1cc2c(cc1C1=NCNN1)OCO2. The normalized spacial score (nSPS) is 17.9. The van der Waals surface area contributed by atoms with Crippen molar-refractivity contribution in [2.45, 2.75) is 0 Å². The van der Waals surface area contributed by atoms with E-state index in [1.807, 2.05) is 18.2 Å². The number of benzene rings is 1. The highest BCUT2D eigenvalue weighted by molar-refractivity contribution is 5.99. The molecular formula is C9H9N3O2. The van der Waals surface area contributed by atoms with Gasteiger partial charge >= 0.3 is 0 Å². The van der Waals surface area contributed by atoms with Crippen molar-refractivity contribution in [1.29, 1.82) is 0 Å². The van der Waals surface area contributed by atoms with Crippen LogP contribution in [-0.4, -0.2) is 19.3 Å². The Morgan fingerprint density at radius 2 is 2.14 bits per heavy atom. The third-order valence-corrected chi connectivity index (χ3v) is 2.17. The first kappa shape index (κ1) is 7.64. The lowest BCUT2D eigenvalue weighted by Gasteiger charge is -2.02. The van der Waals surface area contributed by atoms with E-state index in [-0.39, 0.29) is 0 Å². The molecule has 0 atom stereocenters. The third kappa shape index (κ3) is 1.10. The lowest BCUT2D eigenvalue weighted by Crippen LogP contribution is -2.30. The minimum Gasteiger partial charge on any atom is -0.454 e. The van der Waals surface area contributed by atoms with Crippen LogP contribution in [0.4, 0.5) is 0 Å². The molecule has 5 heteroatoms. The van der Waals surface area contributed by atoms with Gasteiger partial charge in [0, 0.05) is 5.56 Å². The molecule has 5 nitrogen and oxygen atoms in total. The maximum absolute atomic E-state index is 5.27. The van der Waals surface area contributed by atoms with E-state index in [9.17, 15) is 0 Å². The van der Waals surface area contributed by atoms with Gasteiger partial charge in [0.05, 0.1) is 0 Å². The zero-order valence-electron chi connectivity index (χ0n) is 7.41. The van der Waals surface area contributed by atoms with Crippen LogP contribution in [-0.2, 0) is 0 Å². The van der Waals surface area contributed by atoms with Gasteiger partial charge in [0.1, 0.15) is 12.5 Å². The van der Waals surface area contributed by atoms with Crippen LogP contribution in [0.3, 0.4) is 0 Å². The summed E-state index contributed by atoms with van der Waals surface area (Å²) in [4.78, 5) is 4.23. The van der Waals surface area contributed by atoms with E-state index in [4.69, 9.17) is 9.47 Å².